The number of rotatable bonds is 2. The van der Waals surface area contributed by atoms with Gasteiger partial charge in [0.2, 0.25) is 0 Å². The monoisotopic (exact) mass is 195 g/mol. The maximum atomic E-state index is 5.26. The molecule has 2 aromatic heterocycles. The minimum Gasteiger partial charge on any atom is -0.463 e. The van der Waals surface area contributed by atoms with Gasteiger partial charge in [-0.1, -0.05) is 11.3 Å². The Hall–Kier alpha value is -1.33. The van der Waals surface area contributed by atoms with Crippen molar-refractivity contribution in [2.45, 2.75) is 6.92 Å². The largest absolute Gasteiger partial charge is 0.463 e. The van der Waals surface area contributed by atoms with Gasteiger partial charge in [-0.3, -0.25) is 5.43 Å². The summed E-state index contributed by atoms with van der Waals surface area (Å²) in [6.07, 6.45) is 1.64. The van der Waals surface area contributed by atoms with E-state index in [1.54, 1.807) is 6.26 Å². The first kappa shape index (κ1) is 8.28. The van der Waals surface area contributed by atoms with Gasteiger partial charge in [0.15, 0.2) is 5.13 Å². The van der Waals surface area contributed by atoms with Gasteiger partial charge >= 0.3 is 0 Å². The zero-order valence-corrected chi connectivity index (χ0v) is 7.89. The van der Waals surface area contributed by atoms with Crippen LogP contribution in [0.15, 0.2) is 22.8 Å². The highest BCUT2D eigenvalue weighted by atomic mass is 32.1. The highest BCUT2D eigenvalue weighted by Gasteiger charge is 2.10. The van der Waals surface area contributed by atoms with Gasteiger partial charge in [-0.25, -0.2) is 10.8 Å². The molecule has 0 saturated carbocycles. The van der Waals surface area contributed by atoms with Crippen LogP contribution in [0.1, 0.15) is 5.69 Å². The average molecular weight is 195 g/mol. The van der Waals surface area contributed by atoms with Crippen molar-refractivity contribution in [2.75, 3.05) is 5.43 Å². The van der Waals surface area contributed by atoms with Gasteiger partial charge in [-0.2, -0.15) is 0 Å². The second kappa shape index (κ2) is 3.20. The maximum Gasteiger partial charge on any atom is 0.197 e. The van der Waals surface area contributed by atoms with Crippen LogP contribution in [0.3, 0.4) is 0 Å². The first-order chi connectivity index (χ1) is 6.31. The fourth-order valence-electron chi connectivity index (χ4n) is 1.09. The minimum atomic E-state index is 0.698. The summed E-state index contributed by atoms with van der Waals surface area (Å²) in [6.45, 7) is 1.93. The van der Waals surface area contributed by atoms with E-state index in [2.05, 4.69) is 10.4 Å². The number of hydrogen-bond acceptors (Lipinski definition) is 5. The molecule has 0 atom stereocenters. The number of nitrogens with two attached hydrogens (primary N) is 1. The van der Waals surface area contributed by atoms with Gasteiger partial charge < -0.3 is 4.42 Å². The summed E-state index contributed by atoms with van der Waals surface area (Å²) in [5.41, 5.74) is 3.44. The summed E-state index contributed by atoms with van der Waals surface area (Å²) in [5.74, 6) is 6.08. The fourth-order valence-corrected chi connectivity index (χ4v) is 1.94. The van der Waals surface area contributed by atoms with Crippen LogP contribution < -0.4 is 11.3 Å². The van der Waals surface area contributed by atoms with Crippen molar-refractivity contribution in [2.24, 2.45) is 5.84 Å². The number of nitrogens with zero attached hydrogens (tertiary/aromatic N) is 1. The van der Waals surface area contributed by atoms with Gasteiger partial charge in [0.25, 0.3) is 0 Å². The van der Waals surface area contributed by atoms with Crippen LogP contribution in [-0.2, 0) is 0 Å². The number of aromatic nitrogens is 1. The summed E-state index contributed by atoms with van der Waals surface area (Å²) in [4.78, 5) is 5.22. The Morgan fingerprint density at radius 2 is 2.46 bits per heavy atom. The first-order valence-corrected chi connectivity index (χ1v) is 4.61. The van der Waals surface area contributed by atoms with Crippen molar-refractivity contribution < 1.29 is 4.42 Å². The molecule has 2 rings (SSSR count). The lowest BCUT2D eigenvalue weighted by Gasteiger charge is -1.89. The molecule has 0 aliphatic heterocycles. The molecule has 0 fully saturated rings. The minimum absolute atomic E-state index is 0.698. The van der Waals surface area contributed by atoms with Crippen LogP contribution in [0.2, 0.25) is 0 Å². The van der Waals surface area contributed by atoms with Crippen molar-refractivity contribution in [3.8, 4) is 10.6 Å². The number of hydrogen-bond donors (Lipinski definition) is 2. The number of hydrazine groups is 1. The van der Waals surface area contributed by atoms with E-state index in [1.165, 1.54) is 11.3 Å². The van der Waals surface area contributed by atoms with Crippen molar-refractivity contribution in [1.82, 2.24) is 4.98 Å². The van der Waals surface area contributed by atoms with Crippen molar-refractivity contribution >= 4 is 16.5 Å². The Labute approximate surface area is 79.4 Å². The zero-order chi connectivity index (χ0) is 9.26. The lowest BCUT2D eigenvalue weighted by atomic mass is 10.3. The molecule has 0 aliphatic carbocycles. The highest BCUT2D eigenvalue weighted by Crippen LogP contribution is 2.32. The van der Waals surface area contributed by atoms with E-state index in [9.17, 15) is 0 Å². The predicted molar refractivity (Wildman–Crippen MR) is 52.4 cm³/mol. The first-order valence-electron chi connectivity index (χ1n) is 3.79. The quantitative estimate of drug-likeness (QED) is 0.568. The van der Waals surface area contributed by atoms with Gasteiger partial charge in [-0.15, -0.1) is 0 Å². The van der Waals surface area contributed by atoms with E-state index < -0.39 is 0 Å². The van der Waals surface area contributed by atoms with Crippen molar-refractivity contribution in [3.05, 3.63) is 24.1 Å². The van der Waals surface area contributed by atoms with E-state index in [0.717, 1.165) is 16.3 Å². The van der Waals surface area contributed by atoms with Crippen LogP contribution in [0.4, 0.5) is 5.13 Å². The number of thiazole rings is 1. The fraction of sp³-hybridized carbons (Fsp3) is 0.125. The molecule has 0 amide bonds. The molecule has 3 N–H and O–H groups in total. The number of anilines is 1. The van der Waals surface area contributed by atoms with E-state index in [-0.39, 0.29) is 0 Å². The third kappa shape index (κ3) is 1.43. The predicted octanol–water partition coefficient (Wildman–Crippen LogP) is 2.00. The van der Waals surface area contributed by atoms with Gasteiger partial charge in [-0.05, 0) is 19.1 Å². The molecule has 68 valence electrons. The summed E-state index contributed by atoms with van der Waals surface area (Å²) in [5, 5.41) is 0.698. The number of furan rings is 1. The van der Waals surface area contributed by atoms with Crippen LogP contribution in [0.5, 0.6) is 0 Å². The molecule has 0 aromatic carbocycles. The Bertz CT molecular complexity index is 393. The molecule has 5 heteroatoms. The Morgan fingerprint density at radius 1 is 1.62 bits per heavy atom. The van der Waals surface area contributed by atoms with Crippen LogP contribution in [-0.4, -0.2) is 4.98 Å². The third-order valence-electron chi connectivity index (χ3n) is 1.67. The lowest BCUT2D eigenvalue weighted by molar-refractivity contribution is 0.583. The normalized spacial score (nSPS) is 10.3. The summed E-state index contributed by atoms with van der Waals surface area (Å²) in [7, 11) is 0. The van der Waals surface area contributed by atoms with E-state index >= 15 is 0 Å². The topological polar surface area (TPSA) is 64.1 Å². The smallest absolute Gasteiger partial charge is 0.197 e. The summed E-state index contributed by atoms with van der Waals surface area (Å²) < 4.78 is 5.26. The molecule has 2 heterocycles. The van der Waals surface area contributed by atoms with Gasteiger partial charge in [0.1, 0.15) is 5.76 Å². The Balaban J connectivity index is 2.46. The van der Waals surface area contributed by atoms with Crippen molar-refractivity contribution in [3.63, 3.8) is 0 Å². The molecule has 4 nitrogen and oxygen atoms in total. The lowest BCUT2D eigenvalue weighted by Crippen LogP contribution is -2.05. The van der Waals surface area contributed by atoms with E-state index in [0.29, 0.717) is 5.13 Å². The molecular weight excluding hydrogens is 186 g/mol. The van der Waals surface area contributed by atoms with Gasteiger partial charge in [0, 0.05) is 0 Å². The number of nitrogen functional groups attached to an aromatic ring is 1. The maximum absolute atomic E-state index is 5.26. The molecule has 2 aromatic rings. The molecule has 0 radical (unpaired) electrons. The number of aryl methyl sites for hydroxylation is 1. The van der Waals surface area contributed by atoms with E-state index in [1.807, 2.05) is 19.1 Å². The van der Waals surface area contributed by atoms with Crippen LogP contribution >= 0.6 is 11.3 Å². The molecule has 0 spiro atoms. The third-order valence-corrected chi connectivity index (χ3v) is 2.77. The molecular formula is C8H9N3OS. The van der Waals surface area contributed by atoms with Crippen LogP contribution in [0, 0.1) is 6.92 Å². The molecule has 0 bridgehead atoms. The Morgan fingerprint density at radius 3 is 3.00 bits per heavy atom. The molecule has 0 aliphatic rings. The van der Waals surface area contributed by atoms with Crippen LogP contribution in [0.25, 0.3) is 10.6 Å². The van der Waals surface area contributed by atoms with E-state index in [4.69, 9.17) is 10.3 Å². The highest BCUT2D eigenvalue weighted by molar-refractivity contribution is 7.19. The number of nitrogens with one attached hydrogen (secondary N) is 1. The SMILES string of the molecule is Cc1nc(NN)sc1-c1ccco1. The Kier molecular flexibility index (Phi) is 2.03. The summed E-state index contributed by atoms with van der Waals surface area (Å²) >= 11 is 1.48. The second-order valence-electron chi connectivity index (χ2n) is 2.56. The van der Waals surface area contributed by atoms with Gasteiger partial charge in [0.05, 0.1) is 16.8 Å². The summed E-state index contributed by atoms with van der Waals surface area (Å²) in [6, 6.07) is 3.75. The second-order valence-corrected chi connectivity index (χ2v) is 3.55. The molecule has 13 heavy (non-hydrogen) atoms. The molecule has 0 unspecified atom stereocenters. The zero-order valence-electron chi connectivity index (χ0n) is 7.07. The van der Waals surface area contributed by atoms with Crippen molar-refractivity contribution in [1.29, 1.82) is 0 Å². The molecule has 0 saturated heterocycles. The average Bonchev–Trinajstić information content (AvgIpc) is 2.72. The standard InChI is InChI=1S/C8H9N3OS/c1-5-7(6-3-2-4-12-6)13-8(10-5)11-9/h2-4H,9H2,1H3,(H,10,11).